The van der Waals surface area contributed by atoms with Crippen molar-refractivity contribution in [1.82, 2.24) is 0 Å². The van der Waals surface area contributed by atoms with Crippen molar-refractivity contribution < 1.29 is 4.74 Å². The van der Waals surface area contributed by atoms with E-state index in [2.05, 4.69) is 18.0 Å². The summed E-state index contributed by atoms with van der Waals surface area (Å²) in [6.45, 7) is 3.84. The van der Waals surface area contributed by atoms with Crippen molar-refractivity contribution in [3.63, 3.8) is 0 Å². The Bertz CT molecular complexity index is 430. The van der Waals surface area contributed by atoms with Crippen LogP contribution in [0.5, 0.6) is 0 Å². The van der Waals surface area contributed by atoms with Gasteiger partial charge in [0.25, 0.3) is 0 Å². The number of nitrogens with zero attached hydrogens (tertiary/aromatic N) is 1. The SMILES string of the molecule is CC(N)Cc1cc(Cl)ccc1N(C)CC1CCCCO1. The fourth-order valence-corrected chi connectivity index (χ4v) is 2.99. The summed E-state index contributed by atoms with van der Waals surface area (Å²) in [6.07, 6.45) is 4.79. The first-order chi connectivity index (χ1) is 9.56. The van der Waals surface area contributed by atoms with Crippen LogP contribution in [0.3, 0.4) is 0 Å². The Balaban J connectivity index is 2.09. The second-order valence-corrected chi connectivity index (χ2v) is 6.26. The van der Waals surface area contributed by atoms with Gasteiger partial charge in [-0.3, -0.25) is 0 Å². The van der Waals surface area contributed by atoms with Crippen LogP contribution >= 0.6 is 11.6 Å². The van der Waals surface area contributed by atoms with E-state index >= 15 is 0 Å². The maximum atomic E-state index is 6.11. The van der Waals surface area contributed by atoms with E-state index in [1.165, 1.54) is 24.1 Å². The van der Waals surface area contributed by atoms with Crippen LogP contribution < -0.4 is 10.6 Å². The third-order valence-electron chi connectivity index (χ3n) is 3.75. The molecule has 0 aromatic heterocycles. The zero-order valence-electron chi connectivity index (χ0n) is 12.4. The highest BCUT2D eigenvalue weighted by atomic mass is 35.5. The van der Waals surface area contributed by atoms with Crippen LogP contribution in [0.15, 0.2) is 18.2 Å². The molecule has 0 aliphatic carbocycles. The highest BCUT2D eigenvalue weighted by Crippen LogP contribution is 2.26. The first-order valence-electron chi connectivity index (χ1n) is 7.43. The van der Waals surface area contributed by atoms with Crippen molar-refractivity contribution in [2.45, 2.75) is 44.8 Å². The van der Waals surface area contributed by atoms with E-state index in [9.17, 15) is 0 Å². The highest BCUT2D eigenvalue weighted by molar-refractivity contribution is 6.30. The molecule has 2 atom stereocenters. The number of hydrogen-bond acceptors (Lipinski definition) is 3. The van der Waals surface area contributed by atoms with E-state index in [4.69, 9.17) is 22.1 Å². The Morgan fingerprint density at radius 3 is 2.90 bits per heavy atom. The fourth-order valence-electron chi connectivity index (χ4n) is 2.79. The van der Waals surface area contributed by atoms with Gasteiger partial charge < -0.3 is 15.4 Å². The first kappa shape index (κ1) is 15.6. The van der Waals surface area contributed by atoms with Crippen molar-refractivity contribution in [2.75, 3.05) is 25.1 Å². The Kier molecular flexibility index (Phi) is 5.70. The van der Waals surface area contributed by atoms with Crippen molar-refractivity contribution in [2.24, 2.45) is 5.73 Å². The number of likely N-dealkylation sites (N-methyl/N-ethyl adjacent to an activating group) is 1. The lowest BCUT2D eigenvalue weighted by atomic mass is 10.0. The van der Waals surface area contributed by atoms with Gasteiger partial charge in [0.1, 0.15) is 0 Å². The van der Waals surface area contributed by atoms with Crippen LogP contribution in [0, 0.1) is 0 Å². The van der Waals surface area contributed by atoms with E-state index in [0.29, 0.717) is 6.10 Å². The third kappa shape index (κ3) is 4.37. The standard InChI is InChI=1S/C16H25ClN2O/c1-12(18)9-13-10-14(17)6-7-16(13)19(2)11-15-5-3-4-8-20-15/h6-7,10,12,15H,3-5,8-9,11,18H2,1-2H3. The minimum absolute atomic E-state index is 0.131. The number of benzene rings is 1. The summed E-state index contributed by atoms with van der Waals surface area (Å²) in [5.74, 6) is 0. The summed E-state index contributed by atoms with van der Waals surface area (Å²) in [5.41, 5.74) is 8.36. The topological polar surface area (TPSA) is 38.5 Å². The molecule has 1 aliphatic rings. The van der Waals surface area contributed by atoms with Crippen LogP contribution in [0.1, 0.15) is 31.7 Å². The van der Waals surface area contributed by atoms with Crippen molar-refractivity contribution >= 4 is 17.3 Å². The van der Waals surface area contributed by atoms with Gasteiger partial charge in [-0.25, -0.2) is 0 Å². The molecule has 2 N–H and O–H groups in total. The molecule has 1 fully saturated rings. The van der Waals surface area contributed by atoms with Gasteiger partial charge in [-0.05, 0) is 56.4 Å². The molecular weight excluding hydrogens is 272 g/mol. The number of anilines is 1. The summed E-state index contributed by atoms with van der Waals surface area (Å²) >= 11 is 6.11. The molecular formula is C16H25ClN2O. The predicted octanol–water partition coefficient (Wildman–Crippen LogP) is 3.24. The smallest absolute Gasteiger partial charge is 0.0749 e. The Hall–Kier alpha value is -0.770. The predicted molar refractivity (Wildman–Crippen MR) is 85.7 cm³/mol. The summed E-state index contributed by atoms with van der Waals surface area (Å²) in [4.78, 5) is 2.27. The highest BCUT2D eigenvalue weighted by Gasteiger charge is 2.18. The minimum Gasteiger partial charge on any atom is -0.376 e. The quantitative estimate of drug-likeness (QED) is 0.906. The molecule has 1 aliphatic heterocycles. The molecule has 0 saturated carbocycles. The molecule has 1 aromatic rings. The molecule has 112 valence electrons. The zero-order valence-corrected chi connectivity index (χ0v) is 13.2. The largest absolute Gasteiger partial charge is 0.376 e. The van der Waals surface area contributed by atoms with E-state index in [0.717, 1.165) is 31.0 Å². The molecule has 20 heavy (non-hydrogen) atoms. The van der Waals surface area contributed by atoms with Gasteiger partial charge >= 0.3 is 0 Å². The average Bonchev–Trinajstić information content (AvgIpc) is 2.39. The zero-order chi connectivity index (χ0) is 14.5. The Morgan fingerprint density at radius 1 is 1.45 bits per heavy atom. The van der Waals surface area contributed by atoms with Gasteiger partial charge in [0.2, 0.25) is 0 Å². The van der Waals surface area contributed by atoms with E-state index in [1.54, 1.807) is 0 Å². The van der Waals surface area contributed by atoms with E-state index in [-0.39, 0.29) is 6.04 Å². The number of rotatable bonds is 5. The molecule has 0 bridgehead atoms. The number of ether oxygens (including phenoxy) is 1. The monoisotopic (exact) mass is 296 g/mol. The van der Waals surface area contributed by atoms with Gasteiger partial charge in [0, 0.05) is 37.0 Å². The second kappa shape index (κ2) is 7.30. The van der Waals surface area contributed by atoms with Gasteiger partial charge in [0.05, 0.1) is 6.10 Å². The first-order valence-corrected chi connectivity index (χ1v) is 7.81. The molecule has 4 heteroatoms. The lowest BCUT2D eigenvalue weighted by Crippen LogP contribution is -2.34. The molecule has 1 saturated heterocycles. The Labute approximate surface area is 127 Å². The van der Waals surface area contributed by atoms with E-state index < -0.39 is 0 Å². The molecule has 2 unspecified atom stereocenters. The molecule has 1 aromatic carbocycles. The molecule has 1 heterocycles. The maximum Gasteiger partial charge on any atom is 0.0749 e. The third-order valence-corrected chi connectivity index (χ3v) is 3.98. The number of hydrogen-bond donors (Lipinski definition) is 1. The molecule has 0 radical (unpaired) electrons. The van der Waals surface area contributed by atoms with Crippen molar-refractivity contribution in [3.05, 3.63) is 28.8 Å². The van der Waals surface area contributed by atoms with Crippen LogP contribution in [-0.2, 0) is 11.2 Å². The maximum absolute atomic E-state index is 6.11. The molecule has 3 nitrogen and oxygen atoms in total. The van der Waals surface area contributed by atoms with Crippen LogP contribution in [0.25, 0.3) is 0 Å². The summed E-state index contributed by atoms with van der Waals surface area (Å²) < 4.78 is 5.82. The molecule has 0 spiro atoms. The number of halogens is 1. The Morgan fingerprint density at radius 2 is 2.25 bits per heavy atom. The molecule has 0 amide bonds. The summed E-state index contributed by atoms with van der Waals surface area (Å²) in [5, 5.41) is 0.770. The van der Waals surface area contributed by atoms with Gasteiger partial charge in [-0.1, -0.05) is 11.6 Å². The van der Waals surface area contributed by atoms with E-state index in [1.807, 2.05) is 19.1 Å². The lowest BCUT2D eigenvalue weighted by Gasteiger charge is -2.30. The van der Waals surface area contributed by atoms with Crippen LogP contribution in [-0.4, -0.2) is 32.3 Å². The number of nitrogens with two attached hydrogens (primary N) is 1. The minimum atomic E-state index is 0.131. The van der Waals surface area contributed by atoms with Crippen molar-refractivity contribution in [1.29, 1.82) is 0 Å². The fraction of sp³-hybridized carbons (Fsp3) is 0.625. The van der Waals surface area contributed by atoms with Gasteiger partial charge in [-0.2, -0.15) is 0 Å². The normalized spacial score (nSPS) is 20.7. The molecule has 2 rings (SSSR count). The second-order valence-electron chi connectivity index (χ2n) is 5.82. The summed E-state index contributed by atoms with van der Waals surface area (Å²) in [7, 11) is 2.12. The van der Waals surface area contributed by atoms with Crippen LogP contribution in [0.4, 0.5) is 5.69 Å². The summed E-state index contributed by atoms with van der Waals surface area (Å²) in [6, 6.07) is 6.19. The average molecular weight is 297 g/mol. The lowest BCUT2D eigenvalue weighted by molar-refractivity contribution is 0.0216. The van der Waals surface area contributed by atoms with Gasteiger partial charge in [0.15, 0.2) is 0 Å². The van der Waals surface area contributed by atoms with Crippen LogP contribution in [0.2, 0.25) is 5.02 Å². The van der Waals surface area contributed by atoms with Gasteiger partial charge in [-0.15, -0.1) is 0 Å². The van der Waals surface area contributed by atoms with Crippen molar-refractivity contribution in [3.8, 4) is 0 Å².